The van der Waals surface area contributed by atoms with Crippen LogP contribution in [-0.2, 0) is 0 Å². The van der Waals surface area contributed by atoms with Gasteiger partial charge in [-0.3, -0.25) is 5.43 Å². The van der Waals surface area contributed by atoms with Gasteiger partial charge in [-0.25, -0.2) is 5.84 Å². The number of nitrogen functional groups attached to an aromatic ring is 1. The highest BCUT2D eigenvalue weighted by Gasteiger charge is 2.32. The maximum absolute atomic E-state index is 5.43. The van der Waals surface area contributed by atoms with Crippen molar-refractivity contribution < 1.29 is 0 Å². The van der Waals surface area contributed by atoms with Gasteiger partial charge in [0.1, 0.15) is 0 Å². The van der Waals surface area contributed by atoms with Crippen LogP contribution < -0.4 is 21.5 Å². The second-order valence-corrected chi connectivity index (χ2v) is 5.14. The summed E-state index contributed by atoms with van der Waals surface area (Å²) < 4.78 is 0. The molecule has 1 heterocycles. The highest BCUT2D eigenvalue weighted by Crippen LogP contribution is 2.34. The molecular formula is C12H23N7. The third-order valence-corrected chi connectivity index (χ3v) is 3.67. The standard InChI is InChI=1S/C12H23N7/c1-4-19(5-2)11-15-9(14-10(16-11)18-13)17-12(3)7-6-8-12/h4-8,13H2,1-3H3,(H2,14,15,16,17,18). The van der Waals surface area contributed by atoms with Crippen LogP contribution in [0, 0.1) is 0 Å². The molecule has 0 saturated heterocycles. The Morgan fingerprint density at radius 2 is 1.79 bits per heavy atom. The van der Waals surface area contributed by atoms with E-state index in [-0.39, 0.29) is 5.54 Å². The summed E-state index contributed by atoms with van der Waals surface area (Å²) >= 11 is 0. The minimum Gasteiger partial charge on any atom is -0.349 e. The van der Waals surface area contributed by atoms with Gasteiger partial charge in [0.2, 0.25) is 17.8 Å². The fraction of sp³-hybridized carbons (Fsp3) is 0.750. The molecule has 0 radical (unpaired) electrons. The number of hydrogen-bond acceptors (Lipinski definition) is 7. The summed E-state index contributed by atoms with van der Waals surface area (Å²) in [4.78, 5) is 15.1. The first kappa shape index (κ1) is 13.8. The fourth-order valence-electron chi connectivity index (χ4n) is 2.24. The van der Waals surface area contributed by atoms with Crippen molar-refractivity contribution in [2.75, 3.05) is 28.7 Å². The third-order valence-electron chi connectivity index (χ3n) is 3.67. The molecule has 1 aromatic rings. The van der Waals surface area contributed by atoms with Crippen molar-refractivity contribution >= 4 is 17.8 Å². The van der Waals surface area contributed by atoms with Crippen LogP contribution in [0.4, 0.5) is 17.8 Å². The molecule has 1 aromatic heterocycles. The number of nitrogens with zero attached hydrogens (tertiary/aromatic N) is 4. The maximum atomic E-state index is 5.43. The molecule has 0 amide bonds. The van der Waals surface area contributed by atoms with Crippen LogP contribution >= 0.6 is 0 Å². The lowest BCUT2D eigenvalue weighted by molar-refractivity contribution is 0.304. The molecule has 0 aliphatic heterocycles. The average Bonchev–Trinajstić information content (AvgIpc) is 2.38. The molecule has 106 valence electrons. The minimum atomic E-state index is 0.105. The second-order valence-electron chi connectivity index (χ2n) is 5.14. The predicted molar refractivity (Wildman–Crippen MR) is 77.1 cm³/mol. The number of hydrazine groups is 1. The molecule has 1 saturated carbocycles. The summed E-state index contributed by atoms with van der Waals surface area (Å²) in [6.45, 7) is 8.03. The topological polar surface area (TPSA) is 92.0 Å². The van der Waals surface area contributed by atoms with Crippen LogP contribution in [0.5, 0.6) is 0 Å². The molecule has 1 aliphatic carbocycles. The van der Waals surface area contributed by atoms with Gasteiger partial charge in [0.05, 0.1) is 0 Å². The Bertz CT molecular complexity index is 426. The number of anilines is 3. The highest BCUT2D eigenvalue weighted by molar-refractivity contribution is 5.44. The molecule has 1 aliphatic rings. The van der Waals surface area contributed by atoms with E-state index in [1.54, 1.807) is 0 Å². The van der Waals surface area contributed by atoms with Crippen LogP contribution in [0.2, 0.25) is 0 Å². The normalized spacial score (nSPS) is 16.6. The average molecular weight is 265 g/mol. The van der Waals surface area contributed by atoms with E-state index >= 15 is 0 Å². The van der Waals surface area contributed by atoms with Crippen LogP contribution in [0.3, 0.4) is 0 Å². The largest absolute Gasteiger partial charge is 0.349 e. The lowest BCUT2D eigenvalue weighted by atomic mass is 9.79. The number of aromatic nitrogens is 3. The number of hydrogen-bond donors (Lipinski definition) is 3. The number of nitrogens with two attached hydrogens (primary N) is 1. The van der Waals surface area contributed by atoms with Gasteiger partial charge in [-0.1, -0.05) is 0 Å². The van der Waals surface area contributed by atoms with E-state index in [0.717, 1.165) is 25.9 Å². The molecular weight excluding hydrogens is 242 g/mol. The van der Waals surface area contributed by atoms with Crippen LogP contribution in [0.15, 0.2) is 0 Å². The molecule has 0 bridgehead atoms. The first-order valence-corrected chi connectivity index (χ1v) is 6.86. The van der Waals surface area contributed by atoms with E-state index in [1.807, 2.05) is 0 Å². The third kappa shape index (κ3) is 3.04. The summed E-state index contributed by atoms with van der Waals surface area (Å²) in [6.07, 6.45) is 3.54. The highest BCUT2D eigenvalue weighted by atomic mass is 15.4. The Hall–Kier alpha value is -1.63. The summed E-state index contributed by atoms with van der Waals surface area (Å²) in [5.74, 6) is 7.06. The minimum absolute atomic E-state index is 0.105. The van der Waals surface area contributed by atoms with Gasteiger partial charge in [-0.2, -0.15) is 15.0 Å². The maximum Gasteiger partial charge on any atom is 0.243 e. The predicted octanol–water partition coefficient (Wildman–Crippen LogP) is 1.36. The molecule has 0 unspecified atom stereocenters. The molecule has 19 heavy (non-hydrogen) atoms. The summed E-state index contributed by atoms with van der Waals surface area (Å²) in [7, 11) is 0. The van der Waals surface area contributed by atoms with Gasteiger partial charge in [-0.15, -0.1) is 0 Å². The van der Waals surface area contributed by atoms with E-state index < -0.39 is 0 Å². The summed E-state index contributed by atoms with van der Waals surface area (Å²) in [5, 5.41) is 3.39. The van der Waals surface area contributed by atoms with Crippen LogP contribution in [0.1, 0.15) is 40.0 Å². The number of nitrogens with one attached hydrogen (secondary N) is 2. The molecule has 0 spiro atoms. The van der Waals surface area contributed by atoms with E-state index in [4.69, 9.17) is 5.84 Å². The first-order chi connectivity index (χ1) is 9.10. The SMILES string of the molecule is CCN(CC)c1nc(NN)nc(NC2(C)CCC2)n1. The van der Waals surface area contributed by atoms with Gasteiger partial charge >= 0.3 is 0 Å². The molecule has 1 fully saturated rings. The van der Waals surface area contributed by atoms with Crippen molar-refractivity contribution in [2.45, 2.75) is 45.6 Å². The molecule has 0 aromatic carbocycles. The van der Waals surface area contributed by atoms with Crippen LogP contribution in [-0.4, -0.2) is 33.6 Å². The van der Waals surface area contributed by atoms with Gasteiger partial charge < -0.3 is 10.2 Å². The van der Waals surface area contributed by atoms with Gasteiger partial charge in [0, 0.05) is 18.6 Å². The quantitative estimate of drug-likeness (QED) is 0.528. The monoisotopic (exact) mass is 265 g/mol. The Balaban J connectivity index is 2.24. The zero-order chi connectivity index (χ0) is 13.9. The van der Waals surface area contributed by atoms with Crippen LogP contribution in [0.25, 0.3) is 0 Å². The van der Waals surface area contributed by atoms with Crippen molar-refractivity contribution in [3.05, 3.63) is 0 Å². The first-order valence-electron chi connectivity index (χ1n) is 6.86. The molecule has 7 heteroatoms. The molecule has 4 N–H and O–H groups in total. The zero-order valence-corrected chi connectivity index (χ0v) is 11.9. The Morgan fingerprint density at radius 1 is 1.16 bits per heavy atom. The van der Waals surface area contributed by atoms with Crippen molar-refractivity contribution in [3.8, 4) is 0 Å². The van der Waals surface area contributed by atoms with Crippen molar-refractivity contribution in [2.24, 2.45) is 5.84 Å². The van der Waals surface area contributed by atoms with E-state index in [2.05, 4.69) is 51.4 Å². The number of rotatable bonds is 6. The van der Waals surface area contributed by atoms with E-state index in [1.165, 1.54) is 6.42 Å². The second kappa shape index (κ2) is 5.56. The summed E-state index contributed by atoms with van der Waals surface area (Å²) in [6, 6.07) is 0. The van der Waals surface area contributed by atoms with Crippen molar-refractivity contribution in [1.29, 1.82) is 0 Å². The Labute approximate surface area is 114 Å². The lowest BCUT2D eigenvalue weighted by Crippen LogP contribution is -2.42. The fourth-order valence-corrected chi connectivity index (χ4v) is 2.24. The zero-order valence-electron chi connectivity index (χ0n) is 11.9. The Morgan fingerprint density at radius 3 is 2.26 bits per heavy atom. The smallest absolute Gasteiger partial charge is 0.243 e. The molecule has 7 nitrogen and oxygen atoms in total. The summed E-state index contributed by atoms with van der Waals surface area (Å²) in [5.41, 5.74) is 2.61. The van der Waals surface area contributed by atoms with Gasteiger partial charge in [0.25, 0.3) is 0 Å². The van der Waals surface area contributed by atoms with Gasteiger partial charge in [0.15, 0.2) is 0 Å². The molecule has 2 rings (SSSR count). The van der Waals surface area contributed by atoms with Gasteiger partial charge in [-0.05, 0) is 40.0 Å². The van der Waals surface area contributed by atoms with E-state index in [9.17, 15) is 0 Å². The van der Waals surface area contributed by atoms with Crippen molar-refractivity contribution in [3.63, 3.8) is 0 Å². The lowest BCUT2D eigenvalue weighted by Gasteiger charge is -2.39. The molecule has 0 atom stereocenters. The van der Waals surface area contributed by atoms with Crippen molar-refractivity contribution in [1.82, 2.24) is 15.0 Å². The Kier molecular flexibility index (Phi) is 4.04. The van der Waals surface area contributed by atoms with E-state index in [0.29, 0.717) is 17.8 Å².